The summed E-state index contributed by atoms with van der Waals surface area (Å²) in [5.74, 6) is 1.21. The Morgan fingerprint density at radius 2 is 2.37 bits per heavy atom. The van der Waals surface area contributed by atoms with Crippen LogP contribution in [0.25, 0.3) is 0 Å². The molecule has 1 aliphatic carbocycles. The van der Waals surface area contributed by atoms with E-state index in [0.29, 0.717) is 22.7 Å². The highest BCUT2D eigenvalue weighted by Gasteiger charge is 2.28. The van der Waals surface area contributed by atoms with Gasteiger partial charge in [0.2, 0.25) is 10.7 Å². The summed E-state index contributed by atoms with van der Waals surface area (Å²) in [5, 5.41) is 2.89. The molecule has 0 spiro atoms. The number of allylic oxidation sites excluding steroid dienone is 2. The summed E-state index contributed by atoms with van der Waals surface area (Å²) in [6.45, 7) is 0.781. The first-order valence-corrected chi connectivity index (χ1v) is 7.00. The second-order valence-corrected chi connectivity index (χ2v) is 5.35. The smallest absolute Gasteiger partial charge is 0.226 e. The minimum Gasteiger partial charge on any atom is -0.357 e. The maximum atomic E-state index is 5.28. The molecular formula is C13H17N5S. The first kappa shape index (κ1) is 12.5. The molecule has 0 radical (unpaired) electrons. The van der Waals surface area contributed by atoms with Crippen molar-refractivity contribution < 1.29 is 0 Å². The zero-order valence-electron chi connectivity index (χ0n) is 10.9. The monoisotopic (exact) mass is 275 g/mol. The zero-order valence-corrected chi connectivity index (χ0v) is 11.7. The summed E-state index contributed by atoms with van der Waals surface area (Å²) < 4.78 is 2.47. The fourth-order valence-electron chi connectivity index (χ4n) is 2.72. The summed E-state index contributed by atoms with van der Waals surface area (Å²) in [6.07, 6.45) is 9.51. The number of aromatic nitrogens is 3. The molecule has 0 aromatic carbocycles. The number of nitrogens with zero attached hydrogens (tertiary/aromatic N) is 4. The minimum atomic E-state index is 0.315. The van der Waals surface area contributed by atoms with Crippen molar-refractivity contribution in [3.63, 3.8) is 0 Å². The molecule has 0 amide bonds. The van der Waals surface area contributed by atoms with Gasteiger partial charge in [-0.3, -0.25) is 4.99 Å². The van der Waals surface area contributed by atoms with E-state index in [2.05, 4.69) is 27.4 Å². The van der Waals surface area contributed by atoms with E-state index in [-0.39, 0.29) is 0 Å². The molecule has 2 heterocycles. The van der Waals surface area contributed by atoms with Crippen LogP contribution >= 0.6 is 12.2 Å². The fourth-order valence-corrected chi connectivity index (χ4v) is 2.93. The quantitative estimate of drug-likeness (QED) is 0.679. The van der Waals surface area contributed by atoms with Crippen LogP contribution in [0.5, 0.6) is 0 Å². The molecule has 0 saturated carbocycles. The Bertz CT molecular complexity index is 589. The van der Waals surface area contributed by atoms with Crippen molar-refractivity contribution in [2.24, 2.45) is 10.9 Å². The average Bonchev–Trinajstić information content (AvgIpc) is 2.83. The Morgan fingerprint density at radius 3 is 3.11 bits per heavy atom. The summed E-state index contributed by atoms with van der Waals surface area (Å²) >= 11 is 5.28. The van der Waals surface area contributed by atoms with Crippen molar-refractivity contribution in [1.82, 2.24) is 14.5 Å². The predicted molar refractivity (Wildman–Crippen MR) is 78.1 cm³/mol. The number of hydrogen-bond acceptors (Lipinski definition) is 5. The van der Waals surface area contributed by atoms with Crippen LogP contribution in [0.1, 0.15) is 19.3 Å². The maximum Gasteiger partial charge on any atom is 0.226 e. The van der Waals surface area contributed by atoms with Crippen LogP contribution in [0.15, 0.2) is 23.5 Å². The van der Waals surface area contributed by atoms with E-state index in [1.54, 1.807) is 13.4 Å². The molecule has 5 nitrogen and oxygen atoms in total. The third-order valence-corrected chi connectivity index (χ3v) is 4.01. The van der Waals surface area contributed by atoms with Crippen LogP contribution in [-0.4, -0.2) is 33.3 Å². The first-order valence-electron chi connectivity index (χ1n) is 6.59. The summed E-state index contributed by atoms with van der Waals surface area (Å²) in [4.78, 5) is 13.2. The lowest BCUT2D eigenvalue weighted by molar-refractivity contribution is 0.492. The van der Waals surface area contributed by atoms with Gasteiger partial charge in [-0.25, -0.2) is 4.98 Å². The van der Waals surface area contributed by atoms with Gasteiger partial charge in [0.15, 0.2) is 0 Å². The third-order valence-electron chi connectivity index (χ3n) is 3.69. The van der Waals surface area contributed by atoms with Crippen LogP contribution in [0, 0.1) is 10.7 Å². The first-order chi connectivity index (χ1) is 9.26. The van der Waals surface area contributed by atoms with Gasteiger partial charge in [-0.15, -0.1) is 0 Å². The standard InChI is InChI=1S/C13H17N5S/c1-14-12-15-8-18(13(19)17-12)7-10-6-9-4-2-3-5-11(9)16-10/h2-3,8-10H,4-7H2,1H3,(H,14,17,19). The second kappa shape index (κ2) is 5.21. The van der Waals surface area contributed by atoms with Gasteiger partial charge in [0, 0.05) is 31.6 Å². The topological polar surface area (TPSA) is 55.1 Å². The van der Waals surface area contributed by atoms with Crippen LogP contribution < -0.4 is 5.32 Å². The molecule has 3 rings (SSSR count). The van der Waals surface area contributed by atoms with Gasteiger partial charge in [0.25, 0.3) is 0 Å². The fraction of sp³-hybridized carbons (Fsp3) is 0.538. The van der Waals surface area contributed by atoms with Gasteiger partial charge in [0.1, 0.15) is 6.33 Å². The van der Waals surface area contributed by atoms with Gasteiger partial charge in [-0.1, -0.05) is 12.2 Å². The SMILES string of the molecule is CNc1ncn(CC2CC3CC=CCC3=N2)c(=S)n1. The molecule has 1 aromatic rings. The van der Waals surface area contributed by atoms with Gasteiger partial charge in [-0.2, -0.15) is 4.98 Å². The molecular weight excluding hydrogens is 258 g/mol. The molecule has 0 saturated heterocycles. The Hall–Kier alpha value is -1.56. The number of nitrogens with one attached hydrogen (secondary N) is 1. The molecule has 2 atom stereocenters. The van der Waals surface area contributed by atoms with Gasteiger partial charge >= 0.3 is 0 Å². The number of hydrogen-bond donors (Lipinski definition) is 1. The number of fused-ring (bicyclic) bond motifs is 1. The largest absolute Gasteiger partial charge is 0.357 e. The lowest BCUT2D eigenvalue weighted by atomic mass is 9.90. The van der Waals surface area contributed by atoms with Crippen molar-refractivity contribution in [1.29, 1.82) is 0 Å². The molecule has 0 bridgehead atoms. The Balaban J connectivity index is 1.73. The van der Waals surface area contributed by atoms with Crippen molar-refractivity contribution in [3.05, 3.63) is 23.3 Å². The Morgan fingerprint density at radius 1 is 1.47 bits per heavy atom. The molecule has 1 aliphatic heterocycles. The minimum absolute atomic E-state index is 0.315. The maximum absolute atomic E-state index is 5.28. The Kier molecular flexibility index (Phi) is 3.42. The van der Waals surface area contributed by atoms with E-state index in [4.69, 9.17) is 17.2 Å². The molecule has 1 aromatic heterocycles. The Labute approximate surface area is 117 Å². The van der Waals surface area contributed by atoms with E-state index >= 15 is 0 Å². The third kappa shape index (κ3) is 2.58. The number of rotatable bonds is 3. The average molecular weight is 275 g/mol. The van der Waals surface area contributed by atoms with E-state index < -0.39 is 0 Å². The molecule has 6 heteroatoms. The van der Waals surface area contributed by atoms with Crippen LogP contribution in [0.4, 0.5) is 5.95 Å². The van der Waals surface area contributed by atoms with Gasteiger partial charge in [-0.05, 0) is 25.1 Å². The van der Waals surface area contributed by atoms with E-state index in [9.17, 15) is 0 Å². The lowest BCUT2D eigenvalue weighted by Gasteiger charge is -2.14. The lowest BCUT2D eigenvalue weighted by Crippen LogP contribution is -2.16. The van der Waals surface area contributed by atoms with Crippen molar-refractivity contribution >= 4 is 23.9 Å². The van der Waals surface area contributed by atoms with E-state index in [1.807, 2.05) is 4.57 Å². The van der Waals surface area contributed by atoms with Crippen molar-refractivity contribution in [3.8, 4) is 0 Å². The number of anilines is 1. The molecule has 2 aliphatic rings. The van der Waals surface area contributed by atoms with Crippen LogP contribution in [0.3, 0.4) is 0 Å². The normalized spacial score (nSPS) is 25.0. The molecule has 19 heavy (non-hydrogen) atoms. The van der Waals surface area contributed by atoms with Gasteiger partial charge < -0.3 is 9.88 Å². The van der Waals surface area contributed by atoms with E-state index in [1.165, 1.54) is 5.71 Å². The highest BCUT2D eigenvalue weighted by atomic mass is 32.1. The van der Waals surface area contributed by atoms with Crippen LogP contribution in [-0.2, 0) is 6.54 Å². The van der Waals surface area contributed by atoms with Gasteiger partial charge in [0.05, 0.1) is 6.04 Å². The molecule has 2 unspecified atom stereocenters. The highest BCUT2D eigenvalue weighted by molar-refractivity contribution is 7.71. The highest BCUT2D eigenvalue weighted by Crippen LogP contribution is 2.29. The molecule has 1 N–H and O–H groups in total. The summed E-state index contributed by atoms with van der Waals surface area (Å²) in [6, 6.07) is 0.315. The summed E-state index contributed by atoms with van der Waals surface area (Å²) in [7, 11) is 1.79. The predicted octanol–water partition coefficient (Wildman–Crippen LogP) is 2.23. The van der Waals surface area contributed by atoms with Crippen molar-refractivity contribution in [2.45, 2.75) is 31.8 Å². The number of aliphatic imine (C=N–C) groups is 1. The van der Waals surface area contributed by atoms with E-state index in [0.717, 1.165) is 25.8 Å². The van der Waals surface area contributed by atoms with Crippen LogP contribution in [0.2, 0.25) is 0 Å². The zero-order chi connectivity index (χ0) is 13.2. The molecule has 100 valence electrons. The second-order valence-electron chi connectivity index (χ2n) is 4.98. The van der Waals surface area contributed by atoms with Crippen molar-refractivity contribution in [2.75, 3.05) is 12.4 Å². The molecule has 0 fully saturated rings. The summed E-state index contributed by atoms with van der Waals surface area (Å²) in [5.41, 5.74) is 1.35.